The SMILES string of the molecule is Fc1cccc(F)c1N1c2ccc(C34CC5CC(CC(C5)C3)C4)cc2B2c3c1cccc3-n1c3ccccc3c3cccc2c31. The molecular weight excluding hydrogens is 557 g/mol. The lowest BCUT2D eigenvalue weighted by Crippen LogP contribution is -2.61. The zero-order chi connectivity index (χ0) is 29.6. The summed E-state index contributed by atoms with van der Waals surface area (Å²) < 4.78 is 34.0. The molecular formula is C40H31BF2N2. The number of nitrogens with zero attached hydrogens (tertiary/aromatic N) is 2. The second-order valence-electron chi connectivity index (χ2n) is 14.6. The van der Waals surface area contributed by atoms with Gasteiger partial charge in [0.25, 0.3) is 6.71 Å². The highest BCUT2D eigenvalue weighted by Gasteiger charge is 2.52. The van der Waals surface area contributed by atoms with Gasteiger partial charge in [0.05, 0.1) is 5.52 Å². The lowest BCUT2D eigenvalue weighted by atomic mass is 9.33. The van der Waals surface area contributed by atoms with Crippen LogP contribution in [0.1, 0.15) is 44.1 Å². The van der Waals surface area contributed by atoms with E-state index < -0.39 is 11.6 Å². The molecule has 4 aliphatic carbocycles. The van der Waals surface area contributed by atoms with Crippen molar-refractivity contribution in [3.63, 3.8) is 0 Å². The summed E-state index contributed by atoms with van der Waals surface area (Å²) in [7, 11) is 0. The van der Waals surface area contributed by atoms with E-state index in [-0.39, 0.29) is 17.8 Å². The summed E-state index contributed by atoms with van der Waals surface area (Å²) in [4.78, 5) is 1.87. The molecule has 2 nitrogen and oxygen atoms in total. The van der Waals surface area contributed by atoms with Crippen molar-refractivity contribution in [1.29, 1.82) is 0 Å². The van der Waals surface area contributed by atoms with Gasteiger partial charge in [0.15, 0.2) is 0 Å². The molecule has 0 atom stereocenters. The van der Waals surface area contributed by atoms with Crippen LogP contribution in [0.3, 0.4) is 0 Å². The van der Waals surface area contributed by atoms with E-state index in [1.165, 1.54) is 84.0 Å². The molecule has 5 heteroatoms. The topological polar surface area (TPSA) is 8.17 Å². The number of para-hydroxylation sites is 3. The molecule has 6 aromatic rings. The molecule has 0 N–H and O–H groups in total. The molecule has 4 fully saturated rings. The normalized spacial score (nSPS) is 25.2. The number of halogens is 2. The first-order valence-electron chi connectivity index (χ1n) is 16.6. The van der Waals surface area contributed by atoms with Crippen molar-refractivity contribution in [3.05, 3.63) is 114 Å². The fourth-order valence-corrected chi connectivity index (χ4v) is 11.1. The number of aromatic nitrogens is 1. The van der Waals surface area contributed by atoms with Gasteiger partial charge in [0, 0.05) is 33.4 Å². The van der Waals surface area contributed by atoms with E-state index in [0.717, 1.165) is 51.3 Å². The standard InChI is InChI=1S/C40H31BF2N2/c42-31-9-4-10-32(43)39(31)45-34-15-14-26(40-20-23-16-24(21-40)18-25(17-23)22-40)19-30(34)41-29-8-3-7-28-27-6-1-2-11-33(27)44(38(28)29)35-12-5-13-36(45)37(35)41/h1-15,19,23-25H,16-18,20-22H2. The summed E-state index contributed by atoms with van der Waals surface area (Å²) in [6.45, 7) is -0.0355. The van der Waals surface area contributed by atoms with Crippen molar-refractivity contribution in [3.8, 4) is 5.69 Å². The number of anilines is 3. The van der Waals surface area contributed by atoms with Crippen LogP contribution in [0, 0.1) is 29.4 Å². The molecule has 3 heterocycles. The molecule has 4 bridgehead atoms. The lowest BCUT2D eigenvalue weighted by Gasteiger charge is -2.57. The molecule has 0 radical (unpaired) electrons. The number of hydrogen-bond donors (Lipinski definition) is 0. The molecule has 5 aromatic carbocycles. The molecule has 4 saturated carbocycles. The van der Waals surface area contributed by atoms with Crippen LogP contribution in [-0.4, -0.2) is 11.3 Å². The van der Waals surface area contributed by atoms with Gasteiger partial charge in [-0.2, -0.15) is 0 Å². The van der Waals surface area contributed by atoms with Gasteiger partial charge in [-0.15, -0.1) is 0 Å². The molecule has 0 spiro atoms. The van der Waals surface area contributed by atoms with Crippen molar-refractivity contribution in [1.82, 2.24) is 4.57 Å². The maximum atomic E-state index is 15.8. The quantitative estimate of drug-likeness (QED) is 0.185. The van der Waals surface area contributed by atoms with Crippen molar-refractivity contribution >= 4 is 62.0 Å². The Morgan fingerprint density at radius 2 is 1.29 bits per heavy atom. The summed E-state index contributed by atoms with van der Waals surface area (Å²) in [6, 6.07) is 32.8. The largest absolute Gasteiger partial charge is 0.310 e. The fraction of sp³-hybridized carbons (Fsp3) is 0.250. The number of hydrogen-bond acceptors (Lipinski definition) is 1. The van der Waals surface area contributed by atoms with E-state index in [0.29, 0.717) is 0 Å². The van der Waals surface area contributed by atoms with Gasteiger partial charge < -0.3 is 9.47 Å². The first kappa shape index (κ1) is 24.9. The zero-order valence-corrected chi connectivity index (χ0v) is 24.9. The Hall–Kier alpha value is -4.38. The van der Waals surface area contributed by atoms with Gasteiger partial charge in [0.1, 0.15) is 17.3 Å². The summed E-state index contributed by atoms with van der Waals surface area (Å²) in [6.07, 6.45) is 8.03. The van der Waals surface area contributed by atoms with Gasteiger partial charge in [-0.3, -0.25) is 0 Å². The summed E-state index contributed by atoms with van der Waals surface area (Å²) >= 11 is 0. The van der Waals surface area contributed by atoms with Crippen LogP contribution < -0.4 is 21.3 Å². The van der Waals surface area contributed by atoms with Crippen molar-refractivity contribution < 1.29 is 8.78 Å². The summed E-state index contributed by atoms with van der Waals surface area (Å²) in [5.41, 5.74) is 10.4. The van der Waals surface area contributed by atoms with Crippen LogP contribution in [-0.2, 0) is 5.41 Å². The van der Waals surface area contributed by atoms with E-state index in [1.807, 2.05) is 17.0 Å². The highest BCUT2D eigenvalue weighted by molar-refractivity contribution is 7.00. The molecule has 0 amide bonds. The average Bonchev–Trinajstić information content (AvgIpc) is 3.38. The van der Waals surface area contributed by atoms with E-state index >= 15 is 8.78 Å². The predicted molar refractivity (Wildman–Crippen MR) is 180 cm³/mol. The van der Waals surface area contributed by atoms with Crippen LogP contribution in [0.4, 0.5) is 25.8 Å². The highest BCUT2D eigenvalue weighted by Crippen LogP contribution is 2.61. The molecule has 0 unspecified atom stereocenters. The second kappa shape index (κ2) is 8.45. The molecule has 45 heavy (non-hydrogen) atoms. The molecule has 0 saturated heterocycles. The molecule has 218 valence electrons. The minimum atomic E-state index is -0.549. The first-order chi connectivity index (χ1) is 22.1. The van der Waals surface area contributed by atoms with Gasteiger partial charge in [0.2, 0.25) is 0 Å². The predicted octanol–water partition coefficient (Wildman–Crippen LogP) is 8.14. The van der Waals surface area contributed by atoms with Crippen LogP contribution >= 0.6 is 0 Å². The van der Waals surface area contributed by atoms with Crippen molar-refractivity contribution in [2.24, 2.45) is 17.8 Å². The van der Waals surface area contributed by atoms with Crippen molar-refractivity contribution in [2.75, 3.05) is 4.90 Å². The smallest absolute Gasteiger partial charge is 0.252 e. The summed E-state index contributed by atoms with van der Waals surface area (Å²) in [5.74, 6) is 1.41. The third kappa shape index (κ3) is 3.10. The van der Waals surface area contributed by atoms with Crippen LogP contribution in [0.2, 0.25) is 0 Å². The van der Waals surface area contributed by atoms with E-state index in [2.05, 4.69) is 71.3 Å². The third-order valence-corrected chi connectivity index (χ3v) is 12.3. The Labute approximate surface area is 261 Å². The van der Waals surface area contributed by atoms with Gasteiger partial charge in [-0.05, 0) is 120 Å². The minimum absolute atomic E-state index is 0.00507. The molecule has 12 rings (SSSR count). The third-order valence-electron chi connectivity index (χ3n) is 12.3. The van der Waals surface area contributed by atoms with E-state index in [1.54, 1.807) is 0 Å². The van der Waals surface area contributed by atoms with Crippen LogP contribution in [0.15, 0.2) is 97.1 Å². The van der Waals surface area contributed by atoms with Crippen LogP contribution in [0.25, 0.3) is 27.5 Å². The Morgan fingerprint density at radius 3 is 2.07 bits per heavy atom. The second-order valence-corrected chi connectivity index (χ2v) is 14.6. The van der Waals surface area contributed by atoms with E-state index in [9.17, 15) is 0 Å². The maximum absolute atomic E-state index is 15.8. The van der Waals surface area contributed by atoms with Crippen molar-refractivity contribution in [2.45, 2.75) is 43.9 Å². The monoisotopic (exact) mass is 588 g/mol. The number of rotatable bonds is 2. The van der Waals surface area contributed by atoms with Crippen LogP contribution in [0.5, 0.6) is 0 Å². The van der Waals surface area contributed by atoms with Gasteiger partial charge in [-0.1, -0.05) is 60.7 Å². The molecule has 1 aromatic heterocycles. The van der Waals surface area contributed by atoms with Gasteiger partial charge >= 0.3 is 0 Å². The zero-order valence-electron chi connectivity index (χ0n) is 24.9. The Bertz CT molecular complexity index is 2210. The Morgan fingerprint density at radius 1 is 0.622 bits per heavy atom. The number of benzene rings is 5. The first-order valence-corrected chi connectivity index (χ1v) is 16.6. The highest BCUT2D eigenvalue weighted by atomic mass is 19.1. The minimum Gasteiger partial charge on any atom is -0.310 e. The van der Waals surface area contributed by atoms with Gasteiger partial charge in [-0.25, -0.2) is 8.78 Å². The summed E-state index contributed by atoms with van der Waals surface area (Å²) in [5, 5.41) is 2.48. The lowest BCUT2D eigenvalue weighted by molar-refractivity contribution is -0.00515. The Kier molecular flexibility index (Phi) is 4.68. The average molecular weight is 589 g/mol. The maximum Gasteiger partial charge on any atom is 0.252 e. The molecule has 2 aliphatic heterocycles. The van der Waals surface area contributed by atoms with E-state index in [4.69, 9.17) is 0 Å². The number of fused-ring (bicyclic) bond motifs is 7. The molecule has 6 aliphatic rings. The fourth-order valence-electron chi connectivity index (χ4n) is 11.1. The Balaban J connectivity index is 1.25.